The number of para-hydroxylation sites is 1. The molecule has 136 valence electrons. The molecule has 0 aliphatic carbocycles. The zero-order chi connectivity index (χ0) is 17.7. The molecule has 2 nitrogen and oxygen atoms in total. The molecule has 2 rings (SSSR count). The van der Waals surface area contributed by atoms with Gasteiger partial charge in [0.15, 0.2) is 0 Å². The monoisotopic (exact) mass is 339 g/mol. The van der Waals surface area contributed by atoms with E-state index in [-0.39, 0.29) is 0 Å². The fourth-order valence-corrected chi connectivity index (χ4v) is 3.05. The molecule has 0 bridgehead atoms. The molecule has 2 aromatic rings. The molecule has 0 aliphatic rings. The van der Waals surface area contributed by atoms with Gasteiger partial charge in [0.1, 0.15) is 5.75 Å². The van der Waals surface area contributed by atoms with Crippen LogP contribution in [0.4, 0.5) is 0 Å². The SMILES string of the molecule is CCCCCCOc1ccccc1C(C)NCCCc1ccccc1. The second kappa shape index (κ2) is 11.7. The summed E-state index contributed by atoms with van der Waals surface area (Å²) in [4.78, 5) is 0. The fourth-order valence-electron chi connectivity index (χ4n) is 3.05. The maximum Gasteiger partial charge on any atom is 0.124 e. The molecule has 0 aromatic heterocycles. The summed E-state index contributed by atoms with van der Waals surface area (Å²) in [5.74, 6) is 1.03. The summed E-state index contributed by atoms with van der Waals surface area (Å²) in [5.41, 5.74) is 2.67. The van der Waals surface area contributed by atoms with E-state index >= 15 is 0 Å². The molecule has 0 saturated heterocycles. The third kappa shape index (κ3) is 7.31. The number of aryl methyl sites for hydroxylation is 1. The summed E-state index contributed by atoms with van der Waals surface area (Å²) in [7, 11) is 0. The first kappa shape index (κ1) is 19.5. The van der Waals surface area contributed by atoms with Crippen LogP contribution in [0.3, 0.4) is 0 Å². The molecule has 25 heavy (non-hydrogen) atoms. The van der Waals surface area contributed by atoms with E-state index in [2.05, 4.69) is 73.8 Å². The number of rotatable bonds is 12. The Labute approximate surface area is 153 Å². The quantitative estimate of drug-likeness (QED) is 0.484. The first-order valence-corrected chi connectivity index (χ1v) is 9.80. The molecule has 0 saturated carbocycles. The smallest absolute Gasteiger partial charge is 0.124 e. The van der Waals surface area contributed by atoms with Gasteiger partial charge in [-0.3, -0.25) is 0 Å². The Balaban J connectivity index is 1.75. The Kier molecular flexibility index (Phi) is 9.14. The van der Waals surface area contributed by atoms with Crippen LogP contribution in [0.25, 0.3) is 0 Å². The van der Waals surface area contributed by atoms with E-state index in [4.69, 9.17) is 4.74 Å². The molecular formula is C23H33NO. The van der Waals surface area contributed by atoms with Crippen molar-refractivity contribution in [2.45, 2.75) is 58.4 Å². The van der Waals surface area contributed by atoms with Crippen LogP contribution < -0.4 is 10.1 Å². The van der Waals surface area contributed by atoms with Gasteiger partial charge in [0, 0.05) is 11.6 Å². The lowest BCUT2D eigenvalue weighted by Crippen LogP contribution is -2.21. The Hall–Kier alpha value is -1.80. The Morgan fingerprint density at radius 2 is 1.64 bits per heavy atom. The highest BCUT2D eigenvalue weighted by Crippen LogP contribution is 2.25. The highest BCUT2D eigenvalue weighted by Gasteiger charge is 2.10. The van der Waals surface area contributed by atoms with Crippen LogP contribution in [0.2, 0.25) is 0 Å². The molecule has 2 aromatic carbocycles. The number of hydrogen-bond donors (Lipinski definition) is 1. The minimum Gasteiger partial charge on any atom is -0.493 e. The third-order valence-electron chi connectivity index (χ3n) is 4.58. The van der Waals surface area contributed by atoms with Crippen molar-refractivity contribution < 1.29 is 4.74 Å². The van der Waals surface area contributed by atoms with Crippen molar-refractivity contribution >= 4 is 0 Å². The summed E-state index contributed by atoms with van der Waals surface area (Å²) in [6, 6.07) is 19.4. The van der Waals surface area contributed by atoms with Crippen LogP contribution >= 0.6 is 0 Å². The van der Waals surface area contributed by atoms with E-state index < -0.39 is 0 Å². The molecule has 0 aliphatic heterocycles. The number of hydrogen-bond acceptors (Lipinski definition) is 2. The predicted molar refractivity (Wildman–Crippen MR) is 107 cm³/mol. The van der Waals surface area contributed by atoms with E-state index in [1.165, 1.54) is 30.4 Å². The van der Waals surface area contributed by atoms with Crippen molar-refractivity contribution in [1.82, 2.24) is 5.32 Å². The lowest BCUT2D eigenvalue weighted by molar-refractivity contribution is 0.299. The average Bonchev–Trinajstić information content (AvgIpc) is 2.66. The molecule has 0 radical (unpaired) electrons. The zero-order valence-electron chi connectivity index (χ0n) is 15.8. The summed E-state index contributed by atoms with van der Waals surface area (Å²) in [6.45, 7) is 6.29. The Bertz CT molecular complexity index is 582. The van der Waals surface area contributed by atoms with Crippen molar-refractivity contribution in [1.29, 1.82) is 0 Å². The van der Waals surface area contributed by atoms with Gasteiger partial charge in [-0.25, -0.2) is 0 Å². The van der Waals surface area contributed by atoms with Gasteiger partial charge in [-0.15, -0.1) is 0 Å². The van der Waals surface area contributed by atoms with Gasteiger partial charge in [0.05, 0.1) is 6.61 Å². The molecule has 0 fully saturated rings. The number of unbranched alkanes of at least 4 members (excludes halogenated alkanes) is 3. The maximum atomic E-state index is 6.04. The van der Waals surface area contributed by atoms with E-state index in [9.17, 15) is 0 Å². The topological polar surface area (TPSA) is 21.3 Å². The second-order valence-electron chi connectivity index (χ2n) is 6.71. The fraction of sp³-hybridized carbons (Fsp3) is 0.478. The van der Waals surface area contributed by atoms with Crippen LogP contribution in [0, 0.1) is 0 Å². The summed E-state index contributed by atoms with van der Waals surface area (Å²) in [6.07, 6.45) is 7.22. The van der Waals surface area contributed by atoms with E-state index in [1.54, 1.807) is 0 Å². The first-order chi connectivity index (χ1) is 12.3. The van der Waals surface area contributed by atoms with Gasteiger partial charge in [-0.05, 0) is 44.4 Å². The summed E-state index contributed by atoms with van der Waals surface area (Å²) >= 11 is 0. The van der Waals surface area contributed by atoms with Gasteiger partial charge >= 0.3 is 0 Å². The molecule has 2 heteroatoms. The van der Waals surface area contributed by atoms with Gasteiger partial charge < -0.3 is 10.1 Å². The average molecular weight is 340 g/mol. The van der Waals surface area contributed by atoms with Crippen LogP contribution in [0.5, 0.6) is 5.75 Å². The zero-order valence-corrected chi connectivity index (χ0v) is 15.8. The summed E-state index contributed by atoms with van der Waals surface area (Å²) in [5, 5.41) is 3.64. The molecule has 0 amide bonds. The standard InChI is InChI=1S/C23H33NO/c1-3-4-5-11-19-25-23-17-10-9-16-22(23)20(2)24-18-12-15-21-13-7-6-8-14-21/h6-10,13-14,16-17,20,24H,3-5,11-12,15,18-19H2,1-2H3. The lowest BCUT2D eigenvalue weighted by Gasteiger charge is -2.18. The maximum absolute atomic E-state index is 6.04. The number of ether oxygens (including phenoxy) is 1. The van der Waals surface area contributed by atoms with Gasteiger partial charge in [-0.2, -0.15) is 0 Å². The highest BCUT2D eigenvalue weighted by molar-refractivity contribution is 5.35. The van der Waals surface area contributed by atoms with Crippen LogP contribution in [-0.2, 0) is 6.42 Å². The molecular weight excluding hydrogens is 306 g/mol. The first-order valence-electron chi connectivity index (χ1n) is 9.80. The van der Waals surface area contributed by atoms with Crippen molar-refractivity contribution in [2.75, 3.05) is 13.2 Å². The van der Waals surface area contributed by atoms with Crippen LogP contribution in [0.1, 0.15) is 63.1 Å². The van der Waals surface area contributed by atoms with Gasteiger partial charge in [0.2, 0.25) is 0 Å². The minimum atomic E-state index is 0.308. The minimum absolute atomic E-state index is 0.308. The normalized spacial score (nSPS) is 12.1. The largest absolute Gasteiger partial charge is 0.493 e. The number of benzene rings is 2. The second-order valence-corrected chi connectivity index (χ2v) is 6.71. The van der Waals surface area contributed by atoms with Crippen molar-refractivity contribution in [3.05, 3.63) is 65.7 Å². The Morgan fingerprint density at radius 3 is 2.44 bits per heavy atom. The van der Waals surface area contributed by atoms with Gasteiger partial charge in [0.25, 0.3) is 0 Å². The molecule has 1 atom stereocenters. The van der Waals surface area contributed by atoms with Crippen molar-refractivity contribution in [3.63, 3.8) is 0 Å². The third-order valence-corrected chi connectivity index (χ3v) is 4.58. The summed E-state index contributed by atoms with van der Waals surface area (Å²) < 4.78 is 6.04. The molecule has 1 N–H and O–H groups in total. The Morgan fingerprint density at radius 1 is 0.880 bits per heavy atom. The van der Waals surface area contributed by atoms with Crippen LogP contribution in [-0.4, -0.2) is 13.2 Å². The van der Waals surface area contributed by atoms with Crippen LogP contribution in [0.15, 0.2) is 54.6 Å². The number of nitrogens with one attached hydrogen (secondary N) is 1. The van der Waals surface area contributed by atoms with Gasteiger partial charge in [-0.1, -0.05) is 74.7 Å². The van der Waals surface area contributed by atoms with E-state index in [0.717, 1.165) is 38.2 Å². The molecule has 0 spiro atoms. The van der Waals surface area contributed by atoms with Crippen molar-refractivity contribution in [2.24, 2.45) is 0 Å². The van der Waals surface area contributed by atoms with E-state index in [1.807, 2.05) is 0 Å². The van der Waals surface area contributed by atoms with Crippen molar-refractivity contribution in [3.8, 4) is 5.75 Å². The van der Waals surface area contributed by atoms with E-state index in [0.29, 0.717) is 6.04 Å². The highest BCUT2D eigenvalue weighted by atomic mass is 16.5. The molecule has 1 unspecified atom stereocenters. The lowest BCUT2D eigenvalue weighted by atomic mass is 10.1. The molecule has 0 heterocycles. The predicted octanol–water partition coefficient (Wildman–Crippen LogP) is 5.93.